The molecule has 0 bridgehead atoms. The van der Waals surface area contributed by atoms with Crippen LogP contribution >= 0.6 is 0 Å². The van der Waals surface area contributed by atoms with Crippen molar-refractivity contribution in [2.24, 2.45) is 7.05 Å². The van der Waals surface area contributed by atoms with E-state index in [1.807, 2.05) is 24.0 Å². The van der Waals surface area contributed by atoms with Gasteiger partial charge >= 0.3 is 0 Å². The summed E-state index contributed by atoms with van der Waals surface area (Å²) in [5.41, 5.74) is 1.92. The van der Waals surface area contributed by atoms with Gasteiger partial charge in [-0.2, -0.15) is 0 Å². The summed E-state index contributed by atoms with van der Waals surface area (Å²) in [6.07, 6.45) is 9.81. The van der Waals surface area contributed by atoms with Crippen LogP contribution in [0.25, 0.3) is 11.5 Å². The third-order valence-electron chi connectivity index (χ3n) is 4.00. The first-order valence-electron chi connectivity index (χ1n) is 7.22. The molecule has 0 saturated carbocycles. The Morgan fingerprint density at radius 3 is 2.85 bits per heavy atom. The lowest BCUT2D eigenvalue weighted by Crippen LogP contribution is -2.30. The fraction of sp³-hybridized carbons (Fsp3) is 0.533. The Kier molecular flexibility index (Phi) is 3.53. The largest absolute Gasteiger partial charge is 0.333 e. The second-order valence-electron chi connectivity index (χ2n) is 5.68. The van der Waals surface area contributed by atoms with E-state index >= 15 is 0 Å². The van der Waals surface area contributed by atoms with Crippen LogP contribution in [0.1, 0.15) is 38.4 Å². The highest BCUT2D eigenvalue weighted by Crippen LogP contribution is 2.32. The van der Waals surface area contributed by atoms with Gasteiger partial charge in [-0.05, 0) is 33.2 Å². The van der Waals surface area contributed by atoms with Crippen molar-refractivity contribution in [1.29, 1.82) is 0 Å². The van der Waals surface area contributed by atoms with Crippen LogP contribution in [0.4, 0.5) is 0 Å². The smallest absolute Gasteiger partial charge is 0.159 e. The fourth-order valence-corrected chi connectivity index (χ4v) is 2.99. The minimum Gasteiger partial charge on any atom is -0.333 e. The summed E-state index contributed by atoms with van der Waals surface area (Å²) < 4.78 is 1.97. The van der Waals surface area contributed by atoms with Crippen LogP contribution in [-0.4, -0.2) is 37.0 Å². The van der Waals surface area contributed by atoms with Crippen LogP contribution in [-0.2, 0) is 7.05 Å². The number of hydrogen-bond acceptors (Lipinski definition) is 4. The van der Waals surface area contributed by atoms with Gasteiger partial charge in [-0.1, -0.05) is 0 Å². The first kappa shape index (κ1) is 13.2. The van der Waals surface area contributed by atoms with Gasteiger partial charge in [-0.15, -0.1) is 0 Å². The topological polar surface area (TPSA) is 46.8 Å². The summed E-state index contributed by atoms with van der Waals surface area (Å²) >= 11 is 0. The molecular weight excluding hydrogens is 250 g/mol. The highest BCUT2D eigenvalue weighted by molar-refractivity contribution is 5.48. The molecule has 0 spiro atoms. The fourth-order valence-electron chi connectivity index (χ4n) is 2.99. The lowest BCUT2D eigenvalue weighted by Gasteiger charge is -2.27. The summed E-state index contributed by atoms with van der Waals surface area (Å²) in [7, 11) is 1.98. The van der Waals surface area contributed by atoms with Gasteiger partial charge in [0.25, 0.3) is 0 Å². The molecule has 0 unspecified atom stereocenters. The van der Waals surface area contributed by atoms with Crippen molar-refractivity contribution in [3.63, 3.8) is 0 Å². The SMILES string of the molecule is CC(C)N1CCC[C@H]1c1cncc(-c2nccn2C)n1. The Hall–Kier alpha value is -1.75. The van der Waals surface area contributed by atoms with Crippen molar-refractivity contribution in [1.82, 2.24) is 24.4 Å². The molecule has 0 N–H and O–H groups in total. The maximum absolute atomic E-state index is 4.80. The van der Waals surface area contributed by atoms with Crippen molar-refractivity contribution in [2.45, 2.75) is 38.8 Å². The molecular formula is C15H21N5. The molecule has 0 aliphatic carbocycles. The molecule has 20 heavy (non-hydrogen) atoms. The number of aryl methyl sites for hydroxylation is 1. The molecule has 3 rings (SSSR count). The molecule has 1 aliphatic heterocycles. The summed E-state index contributed by atoms with van der Waals surface area (Å²) in [6, 6.07) is 0.934. The highest BCUT2D eigenvalue weighted by atomic mass is 15.2. The Morgan fingerprint density at radius 1 is 1.30 bits per heavy atom. The monoisotopic (exact) mass is 271 g/mol. The molecule has 0 amide bonds. The zero-order valence-corrected chi connectivity index (χ0v) is 12.3. The van der Waals surface area contributed by atoms with Crippen molar-refractivity contribution < 1.29 is 0 Å². The molecule has 2 aromatic heterocycles. The van der Waals surface area contributed by atoms with Crippen molar-refractivity contribution in [3.8, 4) is 11.5 Å². The van der Waals surface area contributed by atoms with Gasteiger partial charge in [0.2, 0.25) is 0 Å². The van der Waals surface area contributed by atoms with Crippen LogP contribution in [0.3, 0.4) is 0 Å². The number of hydrogen-bond donors (Lipinski definition) is 0. The maximum Gasteiger partial charge on any atom is 0.159 e. The molecule has 2 aromatic rings. The van der Waals surface area contributed by atoms with E-state index in [1.165, 1.54) is 6.42 Å². The third-order valence-corrected chi connectivity index (χ3v) is 4.00. The Bertz CT molecular complexity index is 589. The first-order chi connectivity index (χ1) is 9.66. The van der Waals surface area contributed by atoms with Gasteiger partial charge in [0, 0.05) is 25.5 Å². The molecule has 1 fully saturated rings. The van der Waals surface area contributed by atoms with Gasteiger partial charge in [-0.25, -0.2) is 9.97 Å². The molecule has 1 saturated heterocycles. The van der Waals surface area contributed by atoms with Gasteiger partial charge in [0.05, 0.1) is 24.1 Å². The standard InChI is InChI=1S/C15H21N5/c1-11(2)20-7-4-5-14(20)12-9-16-10-13(18-12)15-17-6-8-19(15)3/h6,8-11,14H,4-5,7H2,1-3H3/t14-/m0/s1. The average molecular weight is 271 g/mol. The van der Waals surface area contributed by atoms with Crippen LogP contribution in [0, 0.1) is 0 Å². The summed E-state index contributed by atoms with van der Waals surface area (Å²) in [6.45, 7) is 5.64. The first-order valence-corrected chi connectivity index (χ1v) is 7.22. The molecule has 1 aliphatic rings. The lowest BCUT2D eigenvalue weighted by atomic mass is 10.1. The maximum atomic E-state index is 4.80. The second kappa shape index (κ2) is 5.32. The van der Waals surface area contributed by atoms with E-state index in [4.69, 9.17) is 4.98 Å². The van der Waals surface area contributed by atoms with Crippen LogP contribution in [0.15, 0.2) is 24.8 Å². The second-order valence-corrected chi connectivity index (χ2v) is 5.68. The average Bonchev–Trinajstić information content (AvgIpc) is 3.07. The summed E-state index contributed by atoms with van der Waals surface area (Å²) in [5, 5.41) is 0. The van der Waals surface area contributed by atoms with Crippen LogP contribution < -0.4 is 0 Å². The Labute approximate surface area is 119 Å². The third kappa shape index (κ3) is 2.33. The van der Waals surface area contributed by atoms with E-state index in [0.717, 1.165) is 30.2 Å². The number of imidazole rings is 1. The summed E-state index contributed by atoms with van der Waals surface area (Å²) in [5.74, 6) is 0.869. The predicted octanol–water partition coefficient (Wildman–Crippen LogP) is 2.42. The van der Waals surface area contributed by atoms with Gasteiger partial charge < -0.3 is 4.57 Å². The van der Waals surface area contributed by atoms with Crippen molar-refractivity contribution in [3.05, 3.63) is 30.5 Å². The quantitative estimate of drug-likeness (QED) is 0.860. The zero-order valence-electron chi connectivity index (χ0n) is 12.3. The molecule has 1 atom stereocenters. The Balaban J connectivity index is 1.94. The number of nitrogens with zero attached hydrogens (tertiary/aromatic N) is 5. The van der Waals surface area contributed by atoms with Crippen molar-refractivity contribution >= 4 is 0 Å². The zero-order chi connectivity index (χ0) is 14.1. The number of likely N-dealkylation sites (tertiary alicyclic amines) is 1. The molecule has 5 nitrogen and oxygen atoms in total. The Morgan fingerprint density at radius 2 is 2.15 bits per heavy atom. The van der Waals surface area contributed by atoms with E-state index < -0.39 is 0 Å². The summed E-state index contributed by atoms with van der Waals surface area (Å²) in [4.78, 5) is 16.0. The molecule has 5 heteroatoms. The van der Waals surface area contributed by atoms with E-state index in [2.05, 4.69) is 28.7 Å². The van der Waals surface area contributed by atoms with Crippen LogP contribution in [0.5, 0.6) is 0 Å². The minimum absolute atomic E-state index is 0.391. The molecule has 0 radical (unpaired) electrons. The van der Waals surface area contributed by atoms with Gasteiger partial charge in [0.1, 0.15) is 5.69 Å². The van der Waals surface area contributed by atoms with E-state index in [1.54, 1.807) is 12.4 Å². The van der Waals surface area contributed by atoms with Crippen LogP contribution in [0.2, 0.25) is 0 Å². The minimum atomic E-state index is 0.391. The number of rotatable bonds is 3. The van der Waals surface area contributed by atoms with Gasteiger partial charge in [-0.3, -0.25) is 9.88 Å². The molecule has 3 heterocycles. The van der Waals surface area contributed by atoms with Gasteiger partial charge in [0.15, 0.2) is 5.82 Å². The molecule has 106 valence electrons. The highest BCUT2D eigenvalue weighted by Gasteiger charge is 2.29. The van der Waals surface area contributed by atoms with Crippen molar-refractivity contribution in [2.75, 3.05) is 6.54 Å². The van der Waals surface area contributed by atoms with E-state index in [9.17, 15) is 0 Å². The lowest BCUT2D eigenvalue weighted by molar-refractivity contribution is 0.202. The van der Waals surface area contributed by atoms with E-state index in [0.29, 0.717) is 12.1 Å². The number of aromatic nitrogens is 4. The van der Waals surface area contributed by atoms with E-state index in [-0.39, 0.29) is 0 Å². The molecule has 0 aromatic carbocycles. The predicted molar refractivity (Wildman–Crippen MR) is 78.1 cm³/mol. The normalized spacial score (nSPS) is 19.9.